The molecule has 0 saturated heterocycles. The molecule has 7 heteroatoms. The van der Waals surface area contributed by atoms with Crippen LogP contribution < -0.4 is 0 Å². The van der Waals surface area contributed by atoms with Crippen molar-refractivity contribution in [2.75, 3.05) is 0 Å². The molecule has 0 N–H and O–H groups in total. The summed E-state index contributed by atoms with van der Waals surface area (Å²) >= 11 is 0. The maximum absolute atomic E-state index is 12.4. The molecule has 3 aromatic rings. The van der Waals surface area contributed by atoms with E-state index in [-0.39, 0.29) is 12.3 Å². The Morgan fingerprint density at radius 1 is 1.29 bits per heavy atom. The van der Waals surface area contributed by atoms with Crippen LogP contribution >= 0.6 is 0 Å². The summed E-state index contributed by atoms with van der Waals surface area (Å²) in [6.07, 6.45) is -2.99. The maximum Gasteiger partial charge on any atom is 0.419 e. The molecule has 0 radical (unpaired) electrons. The van der Waals surface area contributed by atoms with Crippen molar-refractivity contribution in [2.45, 2.75) is 12.7 Å². The zero-order valence-corrected chi connectivity index (χ0v) is 10.6. The lowest BCUT2D eigenvalue weighted by Crippen LogP contribution is -2.10. The summed E-state index contributed by atoms with van der Waals surface area (Å²) in [4.78, 5) is 12.0. The first kappa shape index (κ1) is 13.4. The van der Waals surface area contributed by atoms with Gasteiger partial charge in [0.1, 0.15) is 12.1 Å². The predicted molar refractivity (Wildman–Crippen MR) is 67.8 cm³/mol. The van der Waals surface area contributed by atoms with Gasteiger partial charge in [0, 0.05) is 11.6 Å². The van der Waals surface area contributed by atoms with Gasteiger partial charge >= 0.3 is 6.18 Å². The first-order valence-corrected chi connectivity index (χ1v) is 6.05. The maximum atomic E-state index is 12.4. The third-order valence-electron chi connectivity index (χ3n) is 2.97. The number of benzene rings is 1. The predicted octanol–water partition coefficient (Wildman–Crippen LogP) is 3.53. The average molecular weight is 294 g/mol. The Bertz CT molecular complexity index is 769. The first-order chi connectivity index (χ1) is 9.93. The van der Waals surface area contributed by atoms with Gasteiger partial charge < -0.3 is 4.42 Å². The van der Waals surface area contributed by atoms with Crippen LogP contribution in [0.3, 0.4) is 0 Å². The lowest BCUT2D eigenvalue weighted by Gasteiger charge is -2.01. The summed E-state index contributed by atoms with van der Waals surface area (Å²) in [5.41, 5.74) is -0.336. The van der Waals surface area contributed by atoms with Gasteiger partial charge in [0.2, 0.25) is 5.78 Å². The lowest BCUT2D eigenvalue weighted by atomic mass is 10.2. The van der Waals surface area contributed by atoms with Crippen LogP contribution in [0.15, 0.2) is 47.1 Å². The summed E-state index contributed by atoms with van der Waals surface area (Å²) in [6.45, 7) is -0.310. The number of aromatic nitrogens is 2. The number of nitrogens with zero attached hydrogens (tertiary/aromatic N) is 2. The van der Waals surface area contributed by atoms with Gasteiger partial charge in [0.15, 0.2) is 5.76 Å². The molecule has 0 saturated carbocycles. The Labute approximate surface area is 116 Å². The topological polar surface area (TPSA) is 48.0 Å². The van der Waals surface area contributed by atoms with Gasteiger partial charge in [-0.2, -0.15) is 18.3 Å². The van der Waals surface area contributed by atoms with Gasteiger partial charge in [-0.05, 0) is 12.1 Å². The second kappa shape index (κ2) is 4.76. The van der Waals surface area contributed by atoms with Crippen molar-refractivity contribution in [1.82, 2.24) is 9.78 Å². The Morgan fingerprint density at radius 3 is 2.71 bits per heavy atom. The number of halogens is 3. The summed E-state index contributed by atoms with van der Waals surface area (Å²) in [5, 5.41) is 4.30. The van der Waals surface area contributed by atoms with E-state index in [4.69, 9.17) is 4.42 Å². The van der Waals surface area contributed by atoms with Gasteiger partial charge in [-0.15, -0.1) is 0 Å². The van der Waals surface area contributed by atoms with Crippen LogP contribution in [0.1, 0.15) is 16.1 Å². The quantitative estimate of drug-likeness (QED) is 0.694. The normalized spacial score (nSPS) is 12.0. The number of para-hydroxylation sites is 1. The fraction of sp³-hybridized carbons (Fsp3) is 0.143. The highest BCUT2D eigenvalue weighted by atomic mass is 19.4. The van der Waals surface area contributed by atoms with Crippen LogP contribution in [0, 0.1) is 0 Å². The highest BCUT2D eigenvalue weighted by molar-refractivity contribution is 5.97. The number of hydrogen-bond donors (Lipinski definition) is 0. The van der Waals surface area contributed by atoms with E-state index in [1.165, 1.54) is 0 Å². The van der Waals surface area contributed by atoms with E-state index >= 15 is 0 Å². The highest BCUT2D eigenvalue weighted by Gasteiger charge is 2.32. The van der Waals surface area contributed by atoms with Gasteiger partial charge in [-0.3, -0.25) is 9.48 Å². The summed E-state index contributed by atoms with van der Waals surface area (Å²) in [5.74, 6) is -0.344. The van der Waals surface area contributed by atoms with Crippen molar-refractivity contribution in [1.29, 1.82) is 0 Å². The molecule has 0 unspecified atom stereocenters. The number of fused-ring (bicyclic) bond motifs is 1. The van der Waals surface area contributed by atoms with Gasteiger partial charge in [0.05, 0.1) is 11.8 Å². The van der Waals surface area contributed by atoms with E-state index in [2.05, 4.69) is 5.10 Å². The lowest BCUT2D eigenvalue weighted by molar-refractivity contribution is -0.137. The molecule has 3 rings (SSSR count). The van der Waals surface area contributed by atoms with Gasteiger partial charge in [-0.1, -0.05) is 18.2 Å². The SMILES string of the molecule is O=C(Cn1cc(C(F)(F)F)cn1)c1cc2ccccc2o1. The molecular weight excluding hydrogens is 285 g/mol. The fourth-order valence-corrected chi connectivity index (χ4v) is 1.94. The molecular formula is C14H9F3N2O2. The van der Waals surface area contributed by atoms with E-state index in [0.717, 1.165) is 16.3 Å². The third-order valence-corrected chi connectivity index (χ3v) is 2.97. The van der Waals surface area contributed by atoms with Crippen molar-refractivity contribution >= 4 is 16.8 Å². The number of furan rings is 1. The highest BCUT2D eigenvalue weighted by Crippen LogP contribution is 2.28. The summed E-state index contributed by atoms with van der Waals surface area (Å²) in [7, 11) is 0. The zero-order chi connectivity index (χ0) is 15.0. The van der Waals surface area contributed by atoms with Crippen LogP contribution in [0.25, 0.3) is 11.0 Å². The standard InChI is InChI=1S/C14H9F3N2O2/c15-14(16,17)10-6-18-19(7-10)8-11(20)13-5-9-3-1-2-4-12(9)21-13/h1-7H,8H2. The number of alkyl halides is 3. The Hall–Kier alpha value is -2.57. The Balaban J connectivity index is 1.81. The second-order valence-electron chi connectivity index (χ2n) is 4.50. The van der Waals surface area contributed by atoms with Gasteiger partial charge in [-0.25, -0.2) is 0 Å². The molecule has 4 nitrogen and oxygen atoms in total. The molecule has 0 aliphatic heterocycles. The molecule has 1 aromatic carbocycles. The number of carbonyl (C=O) groups is 1. The molecule has 2 aromatic heterocycles. The summed E-state index contributed by atoms with van der Waals surface area (Å²) < 4.78 is 43.6. The van der Waals surface area contributed by atoms with E-state index in [1.807, 2.05) is 0 Å². The molecule has 21 heavy (non-hydrogen) atoms. The number of hydrogen-bond acceptors (Lipinski definition) is 3. The molecule has 0 amide bonds. The fourth-order valence-electron chi connectivity index (χ4n) is 1.94. The number of ketones is 1. The van der Waals surface area contributed by atoms with Crippen molar-refractivity contribution in [3.63, 3.8) is 0 Å². The van der Waals surface area contributed by atoms with Crippen molar-refractivity contribution in [2.24, 2.45) is 0 Å². The summed E-state index contributed by atoms with van der Waals surface area (Å²) in [6, 6.07) is 8.62. The van der Waals surface area contributed by atoms with Crippen molar-refractivity contribution < 1.29 is 22.4 Å². The van der Waals surface area contributed by atoms with E-state index < -0.39 is 17.5 Å². The van der Waals surface area contributed by atoms with Crippen LogP contribution in [0.2, 0.25) is 0 Å². The Kier molecular flexibility index (Phi) is 3.04. The van der Waals surface area contributed by atoms with Gasteiger partial charge in [0.25, 0.3) is 0 Å². The van der Waals surface area contributed by atoms with Crippen LogP contribution in [-0.2, 0) is 12.7 Å². The minimum atomic E-state index is -4.47. The number of rotatable bonds is 3. The minimum Gasteiger partial charge on any atom is -0.453 e. The van der Waals surface area contributed by atoms with Crippen LogP contribution in [0.5, 0.6) is 0 Å². The van der Waals surface area contributed by atoms with Crippen LogP contribution in [0.4, 0.5) is 13.2 Å². The first-order valence-electron chi connectivity index (χ1n) is 6.05. The molecule has 0 aliphatic rings. The molecule has 2 heterocycles. The Morgan fingerprint density at radius 2 is 2.05 bits per heavy atom. The average Bonchev–Trinajstić information content (AvgIpc) is 3.03. The number of carbonyl (C=O) groups excluding carboxylic acids is 1. The second-order valence-corrected chi connectivity index (χ2v) is 4.50. The van der Waals surface area contributed by atoms with E-state index in [0.29, 0.717) is 11.8 Å². The molecule has 108 valence electrons. The van der Waals surface area contributed by atoms with Crippen molar-refractivity contribution in [3.8, 4) is 0 Å². The van der Waals surface area contributed by atoms with E-state index in [9.17, 15) is 18.0 Å². The largest absolute Gasteiger partial charge is 0.453 e. The molecule has 0 fully saturated rings. The monoisotopic (exact) mass is 294 g/mol. The van der Waals surface area contributed by atoms with E-state index in [1.54, 1.807) is 30.3 Å². The minimum absolute atomic E-state index is 0.0975. The number of Topliss-reactive ketones (excluding diaryl/α,β-unsaturated/α-hetero) is 1. The van der Waals surface area contributed by atoms with Crippen molar-refractivity contribution in [3.05, 3.63) is 54.0 Å². The zero-order valence-electron chi connectivity index (χ0n) is 10.6. The third kappa shape index (κ3) is 2.67. The van der Waals surface area contributed by atoms with Crippen LogP contribution in [-0.4, -0.2) is 15.6 Å². The molecule has 0 atom stereocenters. The molecule has 0 bridgehead atoms. The smallest absolute Gasteiger partial charge is 0.419 e. The molecule has 0 aliphatic carbocycles. The molecule has 0 spiro atoms.